The van der Waals surface area contributed by atoms with E-state index in [9.17, 15) is 14.3 Å². The summed E-state index contributed by atoms with van der Waals surface area (Å²) in [5, 5.41) is 25.2. The predicted molar refractivity (Wildman–Crippen MR) is 75.1 cm³/mol. The third-order valence-electron chi connectivity index (χ3n) is 3.00. The van der Waals surface area contributed by atoms with Gasteiger partial charge in [0.1, 0.15) is 11.8 Å². The summed E-state index contributed by atoms with van der Waals surface area (Å²) in [7, 11) is 0. The monoisotopic (exact) mass is 303 g/mol. The van der Waals surface area contributed by atoms with Gasteiger partial charge in [-0.25, -0.2) is 9.37 Å². The summed E-state index contributed by atoms with van der Waals surface area (Å²) in [6.07, 6.45) is 3.39. The lowest BCUT2D eigenvalue weighted by Gasteiger charge is -2.22. The Morgan fingerprint density at radius 3 is 2.86 bits per heavy atom. The van der Waals surface area contributed by atoms with Crippen LogP contribution in [0.2, 0.25) is 0 Å². The smallest absolute Gasteiger partial charge is 0.258 e. The minimum absolute atomic E-state index is 0.203. The normalized spacial score (nSPS) is 13.2. The number of hydrogen-bond acceptors (Lipinski definition) is 5. The highest BCUT2D eigenvalue weighted by molar-refractivity contribution is 5.96. The van der Waals surface area contributed by atoms with Crippen molar-refractivity contribution in [3.05, 3.63) is 41.7 Å². The van der Waals surface area contributed by atoms with Crippen molar-refractivity contribution in [3.63, 3.8) is 0 Å². The van der Waals surface area contributed by atoms with Gasteiger partial charge in [0.25, 0.3) is 5.91 Å². The van der Waals surface area contributed by atoms with E-state index in [1.54, 1.807) is 13.0 Å². The third kappa shape index (κ3) is 3.45. The number of aryl methyl sites for hydroxylation is 1. The molecule has 1 amide bonds. The molecule has 0 saturated heterocycles. The number of carbonyl (C=O) groups is 1. The van der Waals surface area contributed by atoms with Crippen LogP contribution in [-0.4, -0.2) is 31.4 Å². The molecule has 7 nitrogen and oxygen atoms in total. The van der Waals surface area contributed by atoms with Gasteiger partial charge in [0.15, 0.2) is 11.4 Å². The maximum Gasteiger partial charge on any atom is 0.258 e. The zero-order valence-corrected chi connectivity index (χ0v) is 12.0. The van der Waals surface area contributed by atoms with Crippen molar-refractivity contribution in [2.45, 2.75) is 26.0 Å². The lowest BCUT2D eigenvalue weighted by molar-refractivity contribution is -0.133. The van der Waals surface area contributed by atoms with Crippen molar-refractivity contribution in [1.29, 1.82) is 5.26 Å². The highest BCUT2D eigenvalue weighted by Gasteiger charge is 2.31. The molecular formula is C14H14FN5O2. The first kappa shape index (κ1) is 15.6. The van der Waals surface area contributed by atoms with E-state index in [1.165, 1.54) is 13.1 Å². The second-order valence-electron chi connectivity index (χ2n) is 5.09. The molecule has 0 spiro atoms. The Balaban J connectivity index is 2.10. The first-order valence-electron chi connectivity index (χ1n) is 6.40. The van der Waals surface area contributed by atoms with Crippen LogP contribution in [0.1, 0.15) is 18.2 Å². The van der Waals surface area contributed by atoms with Crippen LogP contribution in [0.4, 0.5) is 10.1 Å². The lowest BCUT2D eigenvalue weighted by atomic mass is 10.1. The van der Waals surface area contributed by atoms with Crippen LogP contribution >= 0.6 is 0 Å². The molecule has 1 atom stereocenters. The minimum atomic E-state index is -1.79. The zero-order chi connectivity index (χ0) is 16.3. The van der Waals surface area contributed by atoms with Gasteiger partial charge in [-0.05, 0) is 25.5 Å². The fourth-order valence-electron chi connectivity index (χ4n) is 1.84. The molecule has 2 heterocycles. The Morgan fingerprint density at radius 2 is 2.32 bits per heavy atom. The number of aliphatic hydroxyl groups is 1. The van der Waals surface area contributed by atoms with Crippen LogP contribution < -0.4 is 5.32 Å². The van der Waals surface area contributed by atoms with Gasteiger partial charge >= 0.3 is 0 Å². The number of carbonyl (C=O) groups excluding carboxylic acids is 1. The van der Waals surface area contributed by atoms with E-state index in [0.29, 0.717) is 11.3 Å². The van der Waals surface area contributed by atoms with Crippen LogP contribution in [0.25, 0.3) is 0 Å². The summed E-state index contributed by atoms with van der Waals surface area (Å²) < 4.78 is 14.0. The largest absolute Gasteiger partial charge is 0.378 e. The number of anilines is 1. The SMILES string of the molecule is Cc1cc(NC(=O)[C@@](C)(O)Cn2cc(F)cn2)cnc1C#N. The van der Waals surface area contributed by atoms with Crippen LogP contribution in [0.5, 0.6) is 0 Å². The van der Waals surface area contributed by atoms with Crippen molar-refractivity contribution in [3.8, 4) is 6.07 Å². The lowest BCUT2D eigenvalue weighted by Crippen LogP contribution is -2.43. The number of rotatable bonds is 4. The van der Waals surface area contributed by atoms with Gasteiger partial charge in [0, 0.05) is 0 Å². The molecule has 0 saturated carbocycles. The van der Waals surface area contributed by atoms with Crippen LogP contribution in [-0.2, 0) is 11.3 Å². The average molecular weight is 303 g/mol. The molecular weight excluding hydrogens is 289 g/mol. The number of hydrogen-bond donors (Lipinski definition) is 2. The van der Waals surface area contributed by atoms with Crippen molar-refractivity contribution < 1.29 is 14.3 Å². The Morgan fingerprint density at radius 1 is 1.59 bits per heavy atom. The second kappa shape index (κ2) is 5.91. The van der Waals surface area contributed by atoms with Crippen molar-refractivity contribution in [2.75, 3.05) is 5.32 Å². The molecule has 0 aromatic carbocycles. The predicted octanol–water partition coefficient (Wildman–Crippen LogP) is 0.987. The Labute approximate surface area is 126 Å². The molecule has 0 bridgehead atoms. The van der Waals surface area contributed by atoms with Crippen molar-refractivity contribution >= 4 is 11.6 Å². The highest BCUT2D eigenvalue weighted by Crippen LogP contribution is 2.15. The first-order valence-corrected chi connectivity index (χ1v) is 6.40. The summed E-state index contributed by atoms with van der Waals surface area (Å²) in [6.45, 7) is 2.78. The van der Waals surface area contributed by atoms with Gasteiger partial charge in [0.2, 0.25) is 0 Å². The molecule has 8 heteroatoms. The molecule has 0 fully saturated rings. The van der Waals surface area contributed by atoms with Crippen molar-refractivity contribution in [1.82, 2.24) is 14.8 Å². The fraction of sp³-hybridized carbons (Fsp3) is 0.286. The fourth-order valence-corrected chi connectivity index (χ4v) is 1.84. The average Bonchev–Trinajstić information content (AvgIpc) is 2.83. The summed E-state index contributed by atoms with van der Waals surface area (Å²) in [5.74, 6) is -1.24. The molecule has 2 aromatic rings. The van der Waals surface area contributed by atoms with E-state index in [1.807, 2.05) is 6.07 Å². The number of aromatic nitrogens is 3. The quantitative estimate of drug-likeness (QED) is 0.876. The molecule has 0 aliphatic carbocycles. The van der Waals surface area contributed by atoms with Crippen molar-refractivity contribution in [2.24, 2.45) is 0 Å². The van der Waals surface area contributed by atoms with Crippen LogP contribution in [0.15, 0.2) is 24.7 Å². The number of nitrogens with one attached hydrogen (secondary N) is 1. The topological polar surface area (TPSA) is 104 Å². The molecule has 22 heavy (non-hydrogen) atoms. The maximum atomic E-state index is 12.9. The summed E-state index contributed by atoms with van der Waals surface area (Å²) in [5.41, 5.74) is -0.570. The standard InChI is InChI=1S/C14H14FN5O2/c1-9-3-11(6-17-12(9)4-16)19-13(21)14(2,22)8-20-7-10(15)5-18-20/h3,5-7,22H,8H2,1-2H3,(H,19,21)/t14-/m0/s1. The van der Waals surface area contributed by atoms with E-state index in [2.05, 4.69) is 15.4 Å². The van der Waals surface area contributed by atoms with Gasteiger partial charge in [-0.2, -0.15) is 10.4 Å². The Hall–Kier alpha value is -2.79. The number of nitrogens with zero attached hydrogens (tertiary/aromatic N) is 4. The molecule has 2 aromatic heterocycles. The van der Waals surface area contributed by atoms with Gasteiger partial charge in [0.05, 0.1) is 30.8 Å². The number of nitriles is 1. The van der Waals surface area contributed by atoms with E-state index < -0.39 is 17.3 Å². The minimum Gasteiger partial charge on any atom is -0.378 e. The Kier molecular flexibility index (Phi) is 4.19. The van der Waals surface area contributed by atoms with Gasteiger partial charge in [-0.3, -0.25) is 9.48 Å². The summed E-state index contributed by atoms with van der Waals surface area (Å²) >= 11 is 0. The number of amides is 1. The molecule has 2 rings (SSSR count). The molecule has 0 unspecified atom stereocenters. The molecule has 0 aliphatic rings. The highest BCUT2D eigenvalue weighted by atomic mass is 19.1. The van der Waals surface area contributed by atoms with Gasteiger partial charge < -0.3 is 10.4 Å². The van der Waals surface area contributed by atoms with Gasteiger partial charge in [-0.1, -0.05) is 0 Å². The van der Waals surface area contributed by atoms with Gasteiger partial charge in [-0.15, -0.1) is 0 Å². The second-order valence-corrected chi connectivity index (χ2v) is 5.09. The van der Waals surface area contributed by atoms with E-state index >= 15 is 0 Å². The molecule has 0 aliphatic heterocycles. The number of halogens is 1. The van der Waals surface area contributed by atoms with Crippen LogP contribution in [0.3, 0.4) is 0 Å². The Bertz CT molecular complexity index is 748. The molecule has 0 radical (unpaired) electrons. The summed E-state index contributed by atoms with van der Waals surface area (Å²) in [6, 6.07) is 3.50. The molecule has 2 N–H and O–H groups in total. The zero-order valence-electron chi connectivity index (χ0n) is 12.0. The number of pyridine rings is 1. The molecule has 114 valence electrons. The van der Waals surface area contributed by atoms with E-state index in [4.69, 9.17) is 5.26 Å². The van der Waals surface area contributed by atoms with E-state index in [0.717, 1.165) is 17.1 Å². The summed E-state index contributed by atoms with van der Waals surface area (Å²) in [4.78, 5) is 16.0. The third-order valence-corrected chi connectivity index (χ3v) is 3.00. The maximum absolute atomic E-state index is 12.9. The van der Waals surface area contributed by atoms with E-state index in [-0.39, 0.29) is 12.2 Å². The first-order chi connectivity index (χ1) is 10.3. The van der Waals surface area contributed by atoms with Crippen LogP contribution in [0, 0.1) is 24.1 Å².